The zero-order chi connectivity index (χ0) is 16.5. The highest BCUT2D eigenvalue weighted by Crippen LogP contribution is 2.13. The molecule has 2 aromatic carbocycles. The van der Waals surface area contributed by atoms with Crippen molar-refractivity contribution in [2.45, 2.75) is 19.4 Å². The molecule has 0 spiro atoms. The molecule has 23 heavy (non-hydrogen) atoms. The average Bonchev–Trinajstić information content (AvgIpc) is 2.59. The van der Waals surface area contributed by atoms with Gasteiger partial charge in [-0.3, -0.25) is 4.79 Å². The summed E-state index contributed by atoms with van der Waals surface area (Å²) in [6.45, 7) is 3.80. The first kappa shape index (κ1) is 16.5. The van der Waals surface area contributed by atoms with E-state index in [9.17, 15) is 9.59 Å². The summed E-state index contributed by atoms with van der Waals surface area (Å²) in [6, 6.07) is 16.2. The van der Waals surface area contributed by atoms with Crippen molar-refractivity contribution in [1.82, 2.24) is 0 Å². The smallest absolute Gasteiger partial charge is 0.338 e. The number of hydrogen-bond donors (Lipinski definition) is 1. The van der Waals surface area contributed by atoms with Gasteiger partial charge in [0.05, 0.1) is 5.56 Å². The molecule has 1 N–H and O–H groups in total. The minimum absolute atomic E-state index is 0.111. The molecule has 0 heterocycles. The molecule has 0 aliphatic heterocycles. The Morgan fingerprint density at radius 2 is 1.87 bits per heavy atom. The van der Waals surface area contributed by atoms with Gasteiger partial charge in [0.1, 0.15) is 6.61 Å². The van der Waals surface area contributed by atoms with Gasteiger partial charge in [0.2, 0.25) is 5.91 Å². The van der Waals surface area contributed by atoms with Crippen LogP contribution in [0.5, 0.6) is 0 Å². The maximum Gasteiger partial charge on any atom is 0.338 e. The van der Waals surface area contributed by atoms with Gasteiger partial charge in [-0.05, 0) is 30.2 Å². The molecule has 0 radical (unpaired) electrons. The second kappa shape index (κ2) is 8.54. The topological polar surface area (TPSA) is 55.4 Å². The lowest BCUT2D eigenvalue weighted by Gasteiger charge is -2.08. The van der Waals surface area contributed by atoms with Crippen LogP contribution in [0.25, 0.3) is 0 Å². The molecule has 2 aromatic rings. The van der Waals surface area contributed by atoms with Gasteiger partial charge in [0, 0.05) is 12.1 Å². The normalized spacial score (nSPS) is 9.91. The van der Waals surface area contributed by atoms with E-state index in [2.05, 4.69) is 11.9 Å². The fourth-order valence-corrected chi connectivity index (χ4v) is 1.99. The van der Waals surface area contributed by atoms with Crippen molar-refractivity contribution < 1.29 is 14.3 Å². The van der Waals surface area contributed by atoms with Crippen LogP contribution in [-0.4, -0.2) is 11.9 Å². The number of carbonyl (C=O) groups excluding carboxylic acids is 2. The van der Waals surface area contributed by atoms with Gasteiger partial charge < -0.3 is 10.1 Å². The lowest BCUT2D eigenvalue weighted by Crippen LogP contribution is -2.12. The number of ether oxygens (including phenoxy) is 1. The largest absolute Gasteiger partial charge is 0.457 e. The number of esters is 1. The number of allylic oxidation sites excluding steroid dienone is 1. The van der Waals surface area contributed by atoms with Gasteiger partial charge in [-0.25, -0.2) is 4.79 Å². The molecule has 2 rings (SSSR count). The minimum Gasteiger partial charge on any atom is -0.457 e. The summed E-state index contributed by atoms with van der Waals surface area (Å²) in [5, 5.41) is 2.75. The molecule has 0 bridgehead atoms. The number of anilines is 1. The van der Waals surface area contributed by atoms with Crippen molar-refractivity contribution in [2.24, 2.45) is 0 Å². The van der Waals surface area contributed by atoms with Crippen LogP contribution in [0.3, 0.4) is 0 Å². The maximum absolute atomic E-state index is 12.1. The van der Waals surface area contributed by atoms with Crippen LogP contribution in [0.4, 0.5) is 5.69 Å². The summed E-state index contributed by atoms with van der Waals surface area (Å²) in [6.07, 6.45) is 2.67. The Balaban J connectivity index is 1.94. The van der Waals surface area contributed by atoms with E-state index in [1.807, 2.05) is 30.3 Å². The van der Waals surface area contributed by atoms with Crippen molar-refractivity contribution in [2.75, 3.05) is 5.32 Å². The van der Waals surface area contributed by atoms with Crippen LogP contribution < -0.4 is 5.32 Å². The molecule has 0 saturated carbocycles. The molecule has 118 valence electrons. The van der Waals surface area contributed by atoms with E-state index >= 15 is 0 Å². The zero-order valence-electron chi connectivity index (χ0n) is 12.8. The number of hydrogen-bond acceptors (Lipinski definition) is 3. The number of carbonyl (C=O) groups is 2. The molecule has 0 aromatic heterocycles. The van der Waals surface area contributed by atoms with Gasteiger partial charge in [0.25, 0.3) is 0 Å². The Morgan fingerprint density at radius 1 is 1.09 bits per heavy atom. The molecule has 0 unspecified atom stereocenters. The molecule has 0 saturated heterocycles. The Labute approximate surface area is 135 Å². The SMILES string of the molecule is C=CCCC(=O)Nc1cccc(C(=O)OCc2ccccc2)c1. The summed E-state index contributed by atoms with van der Waals surface area (Å²) >= 11 is 0. The van der Waals surface area contributed by atoms with E-state index in [1.165, 1.54) is 0 Å². The van der Waals surface area contributed by atoms with Crippen LogP contribution >= 0.6 is 0 Å². The highest BCUT2D eigenvalue weighted by molar-refractivity contribution is 5.94. The molecule has 4 heteroatoms. The first-order valence-corrected chi connectivity index (χ1v) is 7.41. The first-order valence-electron chi connectivity index (χ1n) is 7.41. The van der Waals surface area contributed by atoms with Gasteiger partial charge >= 0.3 is 5.97 Å². The van der Waals surface area contributed by atoms with Gasteiger partial charge in [0.15, 0.2) is 0 Å². The quantitative estimate of drug-likeness (QED) is 0.622. The number of rotatable bonds is 7. The minimum atomic E-state index is -0.420. The van der Waals surface area contributed by atoms with E-state index in [1.54, 1.807) is 30.3 Å². The predicted molar refractivity (Wildman–Crippen MR) is 90.1 cm³/mol. The molecule has 0 aliphatic carbocycles. The summed E-state index contributed by atoms with van der Waals surface area (Å²) in [7, 11) is 0. The predicted octanol–water partition coefficient (Wildman–Crippen LogP) is 3.95. The Morgan fingerprint density at radius 3 is 2.61 bits per heavy atom. The second-order valence-electron chi connectivity index (χ2n) is 5.02. The maximum atomic E-state index is 12.1. The highest BCUT2D eigenvalue weighted by atomic mass is 16.5. The van der Waals surface area contributed by atoms with E-state index in [-0.39, 0.29) is 12.5 Å². The average molecular weight is 309 g/mol. The fourth-order valence-electron chi connectivity index (χ4n) is 1.99. The molecule has 1 amide bonds. The lowest BCUT2D eigenvalue weighted by atomic mass is 10.2. The number of nitrogens with one attached hydrogen (secondary N) is 1. The summed E-state index contributed by atoms with van der Waals surface area (Å²) in [4.78, 5) is 23.8. The molecular weight excluding hydrogens is 290 g/mol. The Hall–Kier alpha value is -2.88. The summed E-state index contributed by atoms with van der Waals surface area (Å²) < 4.78 is 5.27. The van der Waals surface area contributed by atoms with Gasteiger partial charge in [-0.15, -0.1) is 6.58 Å². The third kappa shape index (κ3) is 5.43. The van der Waals surface area contributed by atoms with Crippen LogP contribution in [0.1, 0.15) is 28.8 Å². The standard InChI is InChI=1S/C19H19NO3/c1-2-3-12-18(21)20-17-11-7-10-16(13-17)19(22)23-14-15-8-5-4-6-9-15/h2,4-11,13H,1,3,12,14H2,(H,20,21). The first-order chi connectivity index (χ1) is 11.2. The van der Waals surface area contributed by atoms with Crippen molar-refractivity contribution >= 4 is 17.6 Å². The lowest BCUT2D eigenvalue weighted by molar-refractivity contribution is -0.116. The molecule has 0 aliphatic rings. The summed E-state index contributed by atoms with van der Waals surface area (Å²) in [5.74, 6) is -0.532. The number of benzene rings is 2. The number of amides is 1. The molecular formula is C19H19NO3. The van der Waals surface area contributed by atoms with E-state index in [4.69, 9.17) is 4.74 Å². The monoisotopic (exact) mass is 309 g/mol. The molecule has 4 nitrogen and oxygen atoms in total. The zero-order valence-corrected chi connectivity index (χ0v) is 12.8. The second-order valence-corrected chi connectivity index (χ2v) is 5.02. The molecule has 0 fully saturated rings. The van der Waals surface area contributed by atoms with E-state index in [0.717, 1.165) is 5.56 Å². The van der Waals surface area contributed by atoms with Crippen LogP contribution in [0, 0.1) is 0 Å². The van der Waals surface area contributed by atoms with E-state index in [0.29, 0.717) is 24.1 Å². The highest BCUT2D eigenvalue weighted by Gasteiger charge is 2.09. The van der Waals surface area contributed by atoms with Crippen molar-refractivity contribution in [3.8, 4) is 0 Å². The van der Waals surface area contributed by atoms with Gasteiger partial charge in [-0.1, -0.05) is 42.5 Å². The Kier molecular flexibility index (Phi) is 6.12. The van der Waals surface area contributed by atoms with Crippen LogP contribution in [0.2, 0.25) is 0 Å². The van der Waals surface area contributed by atoms with E-state index < -0.39 is 5.97 Å². The third-order valence-corrected chi connectivity index (χ3v) is 3.17. The third-order valence-electron chi connectivity index (χ3n) is 3.17. The van der Waals surface area contributed by atoms with Crippen LogP contribution in [-0.2, 0) is 16.1 Å². The van der Waals surface area contributed by atoms with Crippen molar-refractivity contribution in [3.63, 3.8) is 0 Å². The Bertz CT molecular complexity index is 680. The van der Waals surface area contributed by atoms with Crippen molar-refractivity contribution in [3.05, 3.63) is 78.4 Å². The van der Waals surface area contributed by atoms with Gasteiger partial charge in [-0.2, -0.15) is 0 Å². The summed E-state index contributed by atoms with van der Waals surface area (Å²) in [5.41, 5.74) is 1.91. The fraction of sp³-hybridized carbons (Fsp3) is 0.158. The van der Waals surface area contributed by atoms with Crippen LogP contribution in [0.15, 0.2) is 67.3 Å². The molecule has 0 atom stereocenters. The van der Waals surface area contributed by atoms with Crippen molar-refractivity contribution in [1.29, 1.82) is 0 Å².